The second kappa shape index (κ2) is 8.13. The molecule has 26 heavy (non-hydrogen) atoms. The van der Waals surface area contributed by atoms with E-state index in [4.69, 9.17) is 28.5 Å². The van der Waals surface area contributed by atoms with Crippen LogP contribution in [0.4, 0.5) is 0 Å². The molecule has 0 amide bonds. The Bertz CT molecular complexity index is 770. The van der Waals surface area contributed by atoms with Crippen LogP contribution in [0.25, 0.3) is 0 Å². The standard InChI is InChI=1S/C14H23N2O9P/c1-7(2)23-11-10(8(3)25-26(19,20)21)24-13(12(11)22-4)16-6-5-9(17)15-14(16)18/h5-8,10-13H,1-4H3,(H,15,17,18)(H2,19,20,21)/t8-,10+,11?,12-,13+/m0/s1. The van der Waals surface area contributed by atoms with Crippen LogP contribution in [0.2, 0.25) is 0 Å². The number of hydrogen-bond donors (Lipinski definition) is 3. The lowest BCUT2D eigenvalue weighted by molar-refractivity contribution is -0.101. The lowest BCUT2D eigenvalue weighted by Gasteiger charge is -2.28. The van der Waals surface area contributed by atoms with Crippen molar-refractivity contribution >= 4 is 7.82 Å². The van der Waals surface area contributed by atoms with E-state index >= 15 is 0 Å². The van der Waals surface area contributed by atoms with Crippen molar-refractivity contribution in [2.45, 2.75) is 57.5 Å². The zero-order valence-electron chi connectivity index (χ0n) is 14.8. The third-order valence-electron chi connectivity index (χ3n) is 3.82. The van der Waals surface area contributed by atoms with Gasteiger partial charge in [-0.1, -0.05) is 0 Å². The topological polar surface area (TPSA) is 149 Å². The van der Waals surface area contributed by atoms with E-state index in [-0.39, 0.29) is 6.10 Å². The van der Waals surface area contributed by atoms with Crippen LogP contribution >= 0.6 is 7.82 Å². The number of phosphoric ester groups is 1. The Morgan fingerprint density at radius 3 is 2.42 bits per heavy atom. The first-order valence-electron chi connectivity index (χ1n) is 7.92. The zero-order chi connectivity index (χ0) is 19.6. The summed E-state index contributed by atoms with van der Waals surface area (Å²) in [4.78, 5) is 43.6. The van der Waals surface area contributed by atoms with Gasteiger partial charge >= 0.3 is 13.5 Å². The molecule has 3 N–H and O–H groups in total. The van der Waals surface area contributed by atoms with E-state index in [0.29, 0.717) is 0 Å². The maximum absolute atomic E-state index is 12.1. The van der Waals surface area contributed by atoms with Crippen LogP contribution in [0.1, 0.15) is 27.0 Å². The van der Waals surface area contributed by atoms with Crippen LogP contribution in [-0.4, -0.2) is 57.0 Å². The average molecular weight is 394 g/mol. The van der Waals surface area contributed by atoms with E-state index in [2.05, 4.69) is 4.98 Å². The summed E-state index contributed by atoms with van der Waals surface area (Å²) < 4.78 is 34.1. The SMILES string of the molecule is CO[C@H]1C(OC(C)C)[C@@H]([C@H](C)OP(=O)(O)O)O[C@H]1n1ccc(=O)[nH]c1=O. The van der Waals surface area contributed by atoms with Gasteiger partial charge in [0.15, 0.2) is 6.23 Å². The summed E-state index contributed by atoms with van der Waals surface area (Å²) in [5.74, 6) is 0. The molecule has 1 aliphatic rings. The van der Waals surface area contributed by atoms with E-state index in [9.17, 15) is 14.2 Å². The summed E-state index contributed by atoms with van der Waals surface area (Å²) in [6.07, 6.45) is -3.53. The van der Waals surface area contributed by atoms with E-state index in [1.165, 1.54) is 20.2 Å². The molecule has 0 saturated carbocycles. The molecule has 1 aromatic rings. The average Bonchev–Trinajstić information content (AvgIpc) is 2.83. The maximum Gasteiger partial charge on any atom is 0.469 e. The van der Waals surface area contributed by atoms with Crippen molar-refractivity contribution in [2.24, 2.45) is 0 Å². The molecule has 5 atom stereocenters. The van der Waals surface area contributed by atoms with Gasteiger partial charge in [0.1, 0.15) is 18.3 Å². The zero-order valence-corrected chi connectivity index (χ0v) is 15.7. The summed E-state index contributed by atoms with van der Waals surface area (Å²) in [7, 11) is -3.37. The number of nitrogens with zero attached hydrogens (tertiary/aromatic N) is 1. The molecule has 1 unspecified atom stereocenters. The second-order valence-corrected chi connectivity index (χ2v) is 7.35. The fourth-order valence-corrected chi connectivity index (χ4v) is 3.44. The minimum Gasteiger partial charge on any atom is -0.374 e. The van der Waals surface area contributed by atoms with Gasteiger partial charge in [0, 0.05) is 19.4 Å². The predicted molar refractivity (Wildman–Crippen MR) is 88.6 cm³/mol. The molecule has 12 heteroatoms. The molecule has 2 rings (SSSR count). The van der Waals surface area contributed by atoms with Crippen molar-refractivity contribution in [1.29, 1.82) is 0 Å². The summed E-state index contributed by atoms with van der Waals surface area (Å²) in [5.41, 5.74) is -1.28. The molecule has 1 aliphatic heterocycles. The number of aromatic amines is 1. The van der Waals surface area contributed by atoms with Crippen molar-refractivity contribution < 1.29 is 33.1 Å². The fourth-order valence-electron chi connectivity index (χ4n) is 2.89. The van der Waals surface area contributed by atoms with Crippen LogP contribution in [0.15, 0.2) is 21.9 Å². The van der Waals surface area contributed by atoms with Gasteiger partial charge in [0.25, 0.3) is 5.56 Å². The van der Waals surface area contributed by atoms with Gasteiger partial charge in [0.2, 0.25) is 0 Å². The lowest BCUT2D eigenvalue weighted by atomic mass is 10.1. The van der Waals surface area contributed by atoms with Crippen LogP contribution in [0, 0.1) is 0 Å². The van der Waals surface area contributed by atoms with Gasteiger partial charge in [-0.25, -0.2) is 9.36 Å². The number of H-pyrrole nitrogens is 1. The quantitative estimate of drug-likeness (QED) is 0.532. The van der Waals surface area contributed by atoms with Crippen molar-refractivity contribution in [1.82, 2.24) is 9.55 Å². The van der Waals surface area contributed by atoms with E-state index in [1.54, 1.807) is 13.8 Å². The maximum atomic E-state index is 12.1. The van der Waals surface area contributed by atoms with Gasteiger partial charge in [-0.3, -0.25) is 18.9 Å². The molecule has 1 fully saturated rings. The van der Waals surface area contributed by atoms with Crippen LogP contribution in [0.5, 0.6) is 0 Å². The van der Waals surface area contributed by atoms with Gasteiger partial charge in [0.05, 0.1) is 12.2 Å². The largest absolute Gasteiger partial charge is 0.469 e. The first-order valence-corrected chi connectivity index (χ1v) is 9.45. The normalized spacial score (nSPS) is 27.8. The Balaban J connectivity index is 2.40. The molecule has 1 aromatic heterocycles. The summed E-state index contributed by atoms with van der Waals surface area (Å²) in [6, 6.07) is 1.15. The molecule has 0 bridgehead atoms. The molecular formula is C14H23N2O9P. The summed E-state index contributed by atoms with van der Waals surface area (Å²) >= 11 is 0. The summed E-state index contributed by atoms with van der Waals surface area (Å²) in [6.45, 7) is 4.97. The highest BCUT2D eigenvalue weighted by Crippen LogP contribution is 2.42. The predicted octanol–water partition coefficient (Wildman–Crippen LogP) is -0.260. The highest BCUT2D eigenvalue weighted by atomic mass is 31.2. The molecule has 11 nitrogen and oxygen atoms in total. The van der Waals surface area contributed by atoms with Crippen molar-refractivity contribution in [3.05, 3.63) is 33.1 Å². The molecular weight excluding hydrogens is 371 g/mol. The molecule has 1 saturated heterocycles. The van der Waals surface area contributed by atoms with Gasteiger partial charge in [-0.2, -0.15) is 0 Å². The third-order valence-corrected chi connectivity index (χ3v) is 4.43. The van der Waals surface area contributed by atoms with Gasteiger partial charge < -0.3 is 24.0 Å². The number of aromatic nitrogens is 2. The van der Waals surface area contributed by atoms with Gasteiger partial charge in [-0.05, 0) is 20.8 Å². The van der Waals surface area contributed by atoms with E-state index in [1.807, 2.05) is 0 Å². The Hall–Kier alpha value is -1.33. The highest BCUT2D eigenvalue weighted by molar-refractivity contribution is 7.46. The number of nitrogens with one attached hydrogen (secondary N) is 1. The number of phosphoric acid groups is 1. The summed E-state index contributed by atoms with van der Waals surface area (Å²) in [5, 5.41) is 0. The first kappa shape index (κ1) is 21.0. The fraction of sp³-hybridized carbons (Fsp3) is 0.714. The Morgan fingerprint density at radius 1 is 1.27 bits per heavy atom. The lowest BCUT2D eigenvalue weighted by Crippen LogP contribution is -2.43. The molecule has 0 radical (unpaired) electrons. The van der Waals surface area contributed by atoms with Crippen LogP contribution in [-0.2, 0) is 23.3 Å². The minimum atomic E-state index is -4.76. The molecule has 148 valence electrons. The first-order chi connectivity index (χ1) is 12.0. The number of rotatable bonds is 7. The third kappa shape index (κ3) is 4.89. The second-order valence-electron chi connectivity index (χ2n) is 6.16. The van der Waals surface area contributed by atoms with Crippen LogP contribution < -0.4 is 11.2 Å². The number of hydrogen-bond acceptors (Lipinski definition) is 7. The molecule has 0 spiro atoms. The van der Waals surface area contributed by atoms with Crippen molar-refractivity contribution in [3.63, 3.8) is 0 Å². The molecule has 2 heterocycles. The molecule has 0 aromatic carbocycles. The van der Waals surface area contributed by atoms with E-state index < -0.39 is 49.7 Å². The van der Waals surface area contributed by atoms with Crippen molar-refractivity contribution in [3.8, 4) is 0 Å². The minimum absolute atomic E-state index is 0.253. The van der Waals surface area contributed by atoms with Gasteiger partial charge in [-0.15, -0.1) is 0 Å². The Morgan fingerprint density at radius 2 is 1.92 bits per heavy atom. The Kier molecular flexibility index (Phi) is 6.56. The highest BCUT2D eigenvalue weighted by Gasteiger charge is 2.50. The number of ether oxygens (including phenoxy) is 3. The molecule has 0 aliphatic carbocycles. The van der Waals surface area contributed by atoms with E-state index in [0.717, 1.165) is 10.6 Å². The van der Waals surface area contributed by atoms with Crippen molar-refractivity contribution in [2.75, 3.05) is 7.11 Å². The smallest absolute Gasteiger partial charge is 0.374 e. The van der Waals surface area contributed by atoms with Crippen LogP contribution in [0.3, 0.4) is 0 Å². The monoisotopic (exact) mass is 394 g/mol. The Labute approximate surface area is 149 Å². The number of methoxy groups -OCH3 is 1.